The monoisotopic (exact) mass is 271 g/mol. The van der Waals surface area contributed by atoms with Gasteiger partial charge in [0.15, 0.2) is 0 Å². The fraction of sp³-hybridized carbons (Fsp3) is 0.500. The van der Waals surface area contributed by atoms with Gasteiger partial charge in [0, 0.05) is 17.1 Å². The number of benzene rings is 1. The van der Waals surface area contributed by atoms with Gasteiger partial charge in [0.25, 0.3) is 0 Å². The van der Waals surface area contributed by atoms with Crippen molar-refractivity contribution in [2.24, 2.45) is 0 Å². The number of hydrogen-bond donors (Lipinski definition) is 2. The lowest BCUT2D eigenvalue weighted by molar-refractivity contribution is 0.185. The van der Waals surface area contributed by atoms with Crippen molar-refractivity contribution in [3.05, 3.63) is 34.3 Å². The molecule has 0 saturated heterocycles. The summed E-state index contributed by atoms with van der Waals surface area (Å²) in [6, 6.07) is 8.62. The fourth-order valence-electron chi connectivity index (χ4n) is 1.51. The van der Waals surface area contributed by atoms with Gasteiger partial charge in [0.1, 0.15) is 0 Å². The van der Waals surface area contributed by atoms with Crippen LogP contribution in [-0.2, 0) is 0 Å². The van der Waals surface area contributed by atoms with E-state index in [0.717, 1.165) is 10.9 Å². The Hall–Kier alpha value is -0.380. The summed E-state index contributed by atoms with van der Waals surface area (Å²) in [6.07, 6.45) is 0.725. The van der Waals surface area contributed by atoms with Crippen molar-refractivity contribution in [2.45, 2.75) is 32.4 Å². The smallest absolute Gasteiger partial charge is 0.0636 e. The van der Waals surface area contributed by atoms with Crippen LogP contribution in [0.25, 0.3) is 0 Å². The number of nitrogens with one attached hydrogen (secondary N) is 1. The fourth-order valence-corrected chi connectivity index (χ4v) is 1.77. The molecule has 0 radical (unpaired) electrons. The molecule has 1 aromatic rings. The molecule has 84 valence electrons. The van der Waals surface area contributed by atoms with E-state index in [1.54, 1.807) is 6.92 Å². The first-order chi connectivity index (χ1) is 7.13. The molecule has 1 rings (SSSR count). The molecule has 0 fully saturated rings. The van der Waals surface area contributed by atoms with E-state index in [0.29, 0.717) is 12.6 Å². The highest BCUT2D eigenvalue weighted by atomic mass is 79.9. The van der Waals surface area contributed by atoms with Gasteiger partial charge in [-0.1, -0.05) is 35.0 Å². The Balaban J connectivity index is 2.61. The number of aliphatic hydroxyl groups is 1. The largest absolute Gasteiger partial charge is 0.392 e. The van der Waals surface area contributed by atoms with Crippen molar-refractivity contribution in [1.29, 1.82) is 0 Å². The van der Waals surface area contributed by atoms with Crippen LogP contribution in [0.1, 0.15) is 31.9 Å². The van der Waals surface area contributed by atoms with Crippen LogP contribution < -0.4 is 5.32 Å². The van der Waals surface area contributed by atoms with Crippen LogP contribution in [-0.4, -0.2) is 17.8 Å². The van der Waals surface area contributed by atoms with E-state index in [9.17, 15) is 5.11 Å². The Morgan fingerprint density at radius 1 is 1.33 bits per heavy atom. The quantitative estimate of drug-likeness (QED) is 0.863. The van der Waals surface area contributed by atoms with Crippen LogP contribution in [0.2, 0.25) is 0 Å². The maximum atomic E-state index is 9.22. The van der Waals surface area contributed by atoms with Crippen LogP contribution in [0, 0.1) is 0 Å². The van der Waals surface area contributed by atoms with Gasteiger partial charge in [-0.15, -0.1) is 0 Å². The first kappa shape index (κ1) is 12.7. The molecule has 3 heteroatoms. The molecule has 2 nitrogen and oxygen atoms in total. The number of aliphatic hydroxyl groups excluding tert-OH is 1. The minimum absolute atomic E-state index is 0.297. The van der Waals surface area contributed by atoms with E-state index in [4.69, 9.17) is 0 Å². The van der Waals surface area contributed by atoms with Crippen LogP contribution >= 0.6 is 15.9 Å². The van der Waals surface area contributed by atoms with Crippen LogP contribution in [0.15, 0.2) is 28.7 Å². The third-order valence-corrected chi connectivity index (χ3v) is 2.87. The van der Waals surface area contributed by atoms with Crippen molar-refractivity contribution in [1.82, 2.24) is 5.32 Å². The molecule has 2 atom stereocenters. The van der Waals surface area contributed by atoms with Gasteiger partial charge < -0.3 is 10.4 Å². The van der Waals surface area contributed by atoms with Crippen LogP contribution in [0.4, 0.5) is 0 Å². The summed E-state index contributed by atoms with van der Waals surface area (Å²) in [5.74, 6) is 0. The lowest BCUT2D eigenvalue weighted by Gasteiger charge is -2.18. The second-order valence-corrected chi connectivity index (χ2v) is 4.69. The van der Waals surface area contributed by atoms with Gasteiger partial charge in [-0.05, 0) is 31.0 Å². The SMILES string of the molecule is CCC(NCC(C)O)c1ccc(Br)cc1. The molecule has 0 spiro atoms. The number of hydrogen-bond acceptors (Lipinski definition) is 2. The third kappa shape index (κ3) is 4.33. The van der Waals surface area contributed by atoms with E-state index in [-0.39, 0.29) is 6.10 Å². The molecule has 0 aromatic heterocycles. The predicted octanol–water partition coefficient (Wildman–Crippen LogP) is 2.87. The molecule has 0 aliphatic rings. The minimum atomic E-state index is -0.297. The van der Waals surface area contributed by atoms with Gasteiger partial charge in [-0.3, -0.25) is 0 Å². The highest BCUT2D eigenvalue weighted by Gasteiger charge is 2.08. The van der Waals surface area contributed by atoms with E-state index in [1.165, 1.54) is 5.56 Å². The lowest BCUT2D eigenvalue weighted by atomic mass is 10.0. The van der Waals surface area contributed by atoms with Gasteiger partial charge in [-0.2, -0.15) is 0 Å². The first-order valence-electron chi connectivity index (χ1n) is 5.30. The normalized spacial score (nSPS) is 14.9. The molecule has 0 heterocycles. The van der Waals surface area contributed by atoms with Gasteiger partial charge >= 0.3 is 0 Å². The Morgan fingerprint density at radius 3 is 2.40 bits per heavy atom. The van der Waals surface area contributed by atoms with Crippen molar-refractivity contribution in [3.63, 3.8) is 0 Å². The topological polar surface area (TPSA) is 32.3 Å². The molecule has 0 aliphatic carbocycles. The maximum absolute atomic E-state index is 9.22. The van der Waals surface area contributed by atoms with Gasteiger partial charge in [0.05, 0.1) is 6.10 Å². The van der Waals surface area contributed by atoms with Crippen molar-refractivity contribution in [3.8, 4) is 0 Å². The predicted molar refractivity (Wildman–Crippen MR) is 66.9 cm³/mol. The number of rotatable bonds is 5. The van der Waals surface area contributed by atoms with Gasteiger partial charge in [-0.25, -0.2) is 0 Å². The molecule has 2 N–H and O–H groups in total. The molecule has 2 unspecified atom stereocenters. The first-order valence-corrected chi connectivity index (χ1v) is 6.09. The third-order valence-electron chi connectivity index (χ3n) is 2.34. The molecule has 15 heavy (non-hydrogen) atoms. The summed E-state index contributed by atoms with van der Waals surface area (Å²) in [5.41, 5.74) is 1.27. The van der Waals surface area contributed by atoms with E-state index < -0.39 is 0 Å². The molecule has 1 aromatic carbocycles. The van der Waals surface area contributed by atoms with Gasteiger partial charge in [0.2, 0.25) is 0 Å². The highest BCUT2D eigenvalue weighted by molar-refractivity contribution is 9.10. The van der Waals surface area contributed by atoms with E-state index in [2.05, 4.69) is 40.3 Å². The molecular weight excluding hydrogens is 254 g/mol. The standard InChI is InChI=1S/C12H18BrNO/c1-3-12(14-8-9(2)15)10-4-6-11(13)7-5-10/h4-7,9,12,14-15H,3,8H2,1-2H3. The zero-order chi connectivity index (χ0) is 11.3. The second-order valence-electron chi connectivity index (χ2n) is 3.77. The Labute approximate surface area is 99.8 Å². The summed E-state index contributed by atoms with van der Waals surface area (Å²) in [4.78, 5) is 0. The lowest BCUT2D eigenvalue weighted by Crippen LogP contribution is -2.28. The highest BCUT2D eigenvalue weighted by Crippen LogP contribution is 2.19. The number of halogens is 1. The summed E-state index contributed by atoms with van der Waals surface area (Å²) in [6.45, 7) is 4.57. The van der Waals surface area contributed by atoms with E-state index >= 15 is 0 Å². The average molecular weight is 272 g/mol. The zero-order valence-corrected chi connectivity index (χ0v) is 10.8. The average Bonchev–Trinajstić information content (AvgIpc) is 2.21. The molecule has 0 aliphatic heterocycles. The molecular formula is C12H18BrNO. The molecule has 0 amide bonds. The summed E-state index contributed by atoms with van der Waals surface area (Å²) in [7, 11) is 0. The second kappa shape index (κ2) is 6.26. The van der Waals surface area contributed by atoms with E-state index in [1.807, 2.05) is 12.1 Å². The summed E-state index contributed by atoms with van der Waals surface area (Å²) in [5, 5.41) is 12.6. The minimum Gasteiger partial charge on any atom is -0.392 e. The van der Waals surface area contributed by atoms with Crippen molar-refractivity contribution in [2.75, 3.05) is 6.54 Å². The van der Waals surface area contributed by atoms with Crippen molar-refractivity contribution < 1.29 is 5.11 Å². The van der Waals surface area contributed by atoms with Crippen LogP contribution in [0.5, 0.6) is 0 Å². The van der Waals surface area contributed by atoms with Crippen LogP contribution in [0.3, 0.4) is 0 Å². The molecule has 0 saturated carbocycles. The Bertz CT molecular complexity index is 284. The summed E-state index contributed by atoms with van der Waals surface area (Å²) < 4.78 is 1.09. The van der Waals surface area contributed by atoms with Crippen molar-refractivity contribution >= 4 is 15.9 Å². The molecule has 0 bridgehead atoms. The zero-order valence-electron chi connectivity index (χ0n) is 9.20. The summed E-state index contributed by atoms with van der Waals surface area (Å²) >= 11 is 3.42. The Morgan fingerprint density at radius 2 is 1.93 bits per heavy atom. The maximum Gasteiger partial charge on any atom is 0.0636 e. The Kier molecular flexibility index (Phi) is 5.29.